The zero-order valence-corrected chi connectivity index (χ0v) is 14.2. The summed E-state index contributed by atoms with van der Waals surface area (Å²) in [5.74, 6) is -1.71. The Bertz CT molecular complexity index is 767. The van der Waals surface area contributed by atoms with Crippen LogP contribution < -0.4 is 5.01 Å². The van der Waals surface area contributed by atoms with E-state index in [-0.39, 0.29) is 12.0 Å². The van der Waals surface area contributed by atoms with Gasteiger partial charge in [0.1, 0.15) is 11.6 Å². The Hall–Kier alpha value is -2.94. The van der Waals surface area contributed by atoms with Gasteiger partial charge in [0, 0.05) is 5.41 Å². The van der Waals surface area contributed by atoms with Crippen molar-refractivity contribution in [3.63, 3.8) is 0 Å². The molecule has 3 amide bonds. The maximum Gasteiger partial charge on any atom is 0.290 e. The molecule has 1 aromatic rings. The molecule has 0 bridgehead atoms. The number of para-hydroxylation sites is 1. The fraction of sp³-hybridized carbons (Fsp3) is 0.333. The van der Waals surface area contributed by atoms with Crippen LogP contribution in [0.2, 0.25) is 0 Å². The molecule has 0 aliphatic carbocycles. The third-order valence-corrected chi connectivity index (χ3v) is 3.63. The van der Waals surface area contributed by atoms with Crippen molar-refractivity contribution in [1.82, 2.24) is 5.01 Å². The number of hydrogen-bond donors (Lipinski definition) is 0. The number of rotatable bonds is 2. The number of hydrazine groups is 1. The van der Waals surface area contributed by atoms with Gasteiger partial charge >= 0.3 is 0 Å². The summed E-state index contributed by atoms with van der Waals surface area (Å²) in [6.07, 6.45) is -0.0740. The predicted molar refractivity (Wildman–Crippen MR) is 88.2 cm³/mol. The molecule has 1 heterocycles. The van der Waals surface area contributed by atoms with E-state index in [4.69, 9.17) is 0 Å². The van der Waals surface area contributed by atoms with Gasteiger partial charge in [0.2, 0.25) is 0 Å². The molecule has 0 atom stereocenters. The van der Waals surface area contributed by atoms with E-state index < -0.39 is 23.1 Å². The molecule has 0 saturated carbocycles. The number of anilines is 1. The van der Waals surface area contributed by atoms with Crippen LogP contribution in [0.5, 0.6) is 0 Å². The molecule has 24 heavy (non-hydrogen) atoms. The molecule has 0 radical (unpaired) electrons. The third-order valence-electron chi connectivity index (χ3n) is 3.63. The highest BCUT2D eigenvalue weighted by Gasteiger charge is 2.41. The molecule has 0 spiro atoms. The van der Waals surface area contributed by atoms with Crippen molar-refractivity contribution in [2.75, 3.05) is 5.01 Å². The standard InChI is InChI=1S/C18H19N3O3/c1-12-10-15(22)21(16(23)14(12)11-19)20(17(24)18(2,3)4)13-8-6-5-7-9-13/h5-9H,10H2,1-4H3. The molecule has 1 aliphatic rings. The Morgan fingerprint density at radius 1 is 1.21 bits per heavy atom. The zero-order chi connectivity index (χ0) is 18.1. The molecular weight excluding hydrogens is 306 g/mol. The second kappa shape index (κ2) is 6.28. The molecule has 6 heteroatoms. The van der Waals surface area contributed by atoms with Crippen LogP contribution in [0.4, 0.5) is 5.69 Å². The van der Waals surface area contributed by atoms with Crippen LogP contribution in [-0.4, -0.2) is 22.7 Å². The van der Waals surface area contributed by atoms with Gasteiger partial charge in [-0.3, -0.25) is 14.4 Å². The molecule has 0 N–H and O–H groups in total. The minimum Gasteiger partial charge on any atom is -0.272 e. The summed E-state index contributed by atoms with van der Waals surface area (Å²) in [5.41, 5.74) is -0.104. The fourth-order valence-electron chi connectivity index (χ4n) is 2.35. The van der Waals surface area contributed by atoms with Crippen LogP contribution in [0.1, 0.15) is 34.1 Å². The normalized spacial score (nSPS) is 15.4. The Labute approximate surface area is 140 Å². The van der Waals surface area contributed by atoms with Crippen LogP contribution in [0.15, 0.2) is 41.5 Å². The summed E-state index contributed by atoms with van der Waals surface area (Å²) >= 11 is 0. The number of benzene rings is 1. The predicted octanol–water partition coefficient (Wildman–Crippen LogP) is 2.58. The topological polar surface area (TPSA) is 81.5 Å². The monoisotopic (exact) mass is 325 g/mol. The largest absolute Gasteiger partial charge is 0.290 e. The van der Waals surface area contributed by atoms with Crippen LogP contribution in [0.25, 0.3) is 0 Å². The lowest BCUT2D eigenvalue weighted by Crippen LogP contribution is -2.57. The molecule has 1 aromatic carbocycles. The Morgan fingerprint density at radius 3 is 2.29 bits per heavy atom. The van der Waals surface area contributed by atoms with Crippen LogP contribution in [0.3, 0.4) is 0 Å². The lowest BCUT2D eigenvalue weighted by atomic mass is 9.94. The zero-order valence-electron chi connectivity index (χ0n) is 14.2. The van der Waals surface area contributed by atoms with Gasteiger partial charge in [0.25, 0.3) is 17.7 Å². The van der Waals surface area contributed by atoms with E-state index in [1.54, 1.807) is 58.0 Å². The van der Waals surface area contributed by atoms with E-state index >= 15 is 0 Å². The first-order valence-electron chi connectivity index (χ1n) is 7.55. The van der Waals surface area contributed by atoms with Crippen molar-refractivity contribution < 1.29 is 14.4 Å². The van der Waals surface area contributed by atoms with Crippen LogP contribution in [0, 0.1) is 16.7 Å². The van der Waals surface area contributed by atoms with E-state index in [1.165, 1.54) is 0 Å². The van der Waals surface area contributed by atoms with Gasteiger partial charge in [-0.1, -0.05) is 39.0 Å². The molecule has 2 rings (SSSR count). The second-order valence-corrected chi connectivity index (χ2v) is 6.66. The fourth-order valence-corrected chi connectivity index (χ4v) is 2.35. The highest BCUT2D eigenvalue weighted by atomic mass is 16.2. The second-order valence-electron chi connectivity index (χ2n) is 6.66. The van der Waals surface area contributed by atoms with E-state index in [2.05, 4.69) is 0 Å². The number of nitrogens with zero attached hydrogens (tertiary/aromatic N) is 3. The molecule has 0 saturated heterocycles. The van der Waals surface area contributed by atoms with Gasteiger partial charge in [-0.15, -0.1) is 0 Å². The molecule has 1 aliphatic heterocycles. The van der Waals surface area contributed by atoms with E-state index in [1.807, 2.05) is 6.07 Å². The number of imide groups is 1. The molecule has 124 valence electrons. The number of carbonyl (C=O) groups excluding carboxylic acids is 3. The van der Waals surface area contributed by atoms with E-state index in [0.29, 0.717) is 11.3 Å². The molecule has 6 nitrogen and oxygen atoms in total. The Kier molecular flexibility index (Phi) is 4.56. The average Bonchev–Trinajstić information content (AvgIpc) is 2.51. The van der Waals surface area contributed by atoms with Gasteiger partial charge in [-0.25, -0.2) is 5.01 Å². The van der Waals surface area contributed by atoms with Crippen molar-refractivity contribution >= 4 is 23.4 Å². The van der Waals surface area contributed by atoms with Crippen molar-refractivity contribution in [2.45, 2.75) is 34.1 Å². The average molecular weight is 325 g/mol. The number of carbonyl (C=O) groups is 3. The summed E-state index contributed by atoms with van der Waals surface area (Å²) in [6.45, 7) is 6.69. The third kappa shape index (κ3) is 3.06. The first kappa shape index (κ1) is 17.4. The first-order valence-corrected chi connectivity index (χ1v) is 7.55. The van der Waals surface area contributed by atoms with Crippen molar-refractivity contribution in [3.05, 3.63) is 41.5 Å². The SMILES string of the molecule is CC1=C(C#N)C(=O)N(N(C(=O)C(C)(C)C)c2ccccc2)C(=O)C1. The van der Waals surface area contributed by atoms with E-state index in [0.717, 1.165) is 10.0 Å². The summed E-state index contributed by atoms with van der Waals surface area (Å²) < 4.78 is 0. The summed E-state index contributed by atoms with van der Waals surface area (Å²) in [7, 11) is 0. The van der Waals surface area contributed by atoms with Gasteiger partial charge in [-0.05, 0) is 24.6 Å². The van der Waals surface area contributed by atoms with Gasteiger partial charge in [0.05, 0.1) is 12.1 Å². The minimum atomic E-state index is -0.820. The van der Waals surface area contributed by atoms with Gasteiger partial charge < -0.3 is 0 Å². The number of amides is 3. The van der Waals surface area contributed by atoms with Gasteiger partial charge in [-0.2, -0.15) is 10.3 Å². The van der Waals surface area contributed by atoms with Crippen molar-refractivity contribution in [1.29, 1.82) is 5.26 Å². The van der Waals surface area contributed by atoms with E-state index in [9.17, 15) is 19.6 Å². The molecule has 0 aromatic heterocycles. The number of nitriles is 1. The quantitative estimate of drug-likeness (QED) is 0.783. The smallest absolute Gasteiger partial charge is 0.272 e. The maximum atomic E-state index is 12.9. The lowest BCUT2D eigenvalue weighted by Gasteiger charge is -2.38. The highest BCUT2D eigenvalue weighted by Crippen LogP contribution is 2.29. The summed E-state index contributed by atoms with van der Waals surface area (Å²) in [4.78, 5) is 38.1. The van der Waals surface area contributed by atoms with Gasteiger partial charge in [0.15, 0.2) is 0 Å². The first-order chi connectivity index (χ1) is 11.2. The highest BCUT2D eigenvalue weighted by molar-refractivity contribution is 6.15. The number of hydrogen-bond acceptors (Lipinski definition) is 4. The minimum absolute atomic E-state index is 0.0740. The van der Waals surface area contributed by atoms with Crippen LogP contribution >= 0.6 is 0 Å². The maximum absolute atomic E-state index is 12.9. The summed E-state index contributed by atoms with van der Waals surface area (Å²) in [6, 6.07) is 10.3. The lowest BCUT2D eigenvalue weighted by molar-refractivity contribution is -0.149. The summed E-state index contributed by atoms with van der Waals surface area (Å²) in [5, 5.41) is 11.1. The molecule has 0 fully saturated rings. The van der Waals surface area contributed by atoms with Crippen molar-refractivity contribution in [3.8, 4) is 6.07 Å². The Balaban J connectivity index is 2.61. The Morgan fingerprint density at radius 2 is 1.79 bits per heavy atom. The van der Waals surface area contributed by atoms with Crippen molar-refractivity contribution in [2.24, 2.45) is 5.41 Å². The molecular formula is C18H19N3O3. The van der Waals surface area contributed by atoms with Crippen LogP contribution in [-0.2, 0) is 14.4 Å². The molecule has 0 unspecified atom stereocenters.